The highest BCUT2D eigenvalue weighted by molar-refractivity contribution is 14.0. The summed E-state index contributed by atoms with van der Waals surface area (Å²) in [4.78, 5) is 4.18. The lowest BCUT2D eigenvalue weighted by molar-refractivity contribution is 0.0243. The van der Waals surface area contributed by atoms with E-state index in [1.54, 1.807) is 13.1 Å². The van der Waals surface area contributed by atoms with Crippen molar-refractivity contribution in [1.82, 2.24) is 10.6 Å². The minimum atomic E-state index is -0.246. The lowest BCUT2D eigenvalue weighted by atomic mass is 10.0. The summed E-state index contributed by atoms with van der Waals surface area (Å²) in [7, 11) is 1.72. The van der Waals surface area contributed by atoms with E-state index in [-0.39, 0.29) is 35.4 Å². The number of aliphatic imine (C=N–C) groups is 1. The minimum absolute atomic E-state index is 0. The zero-order chi connectivity index (χ0) is 15.3. The topological polar surface area (TPSA) is 45.7 Å². The largest absolute Gasteiger partial charge is 0.373 e. The van der Waals surface area contributed by atoms with E-state index in [4.69, 9.17) is 4.74 Å². The standard InChI is InChI=1S/C15H21BrFN3O.HI/c1-15(6-3-7-21-15)10-20-14(18-2)19-9-11-8-12(17)4-5-13(11)16;/h4-5,8H,3,6-7,9-10H2,1-2H3,(H2,18,19,20);1H. The van der Waals surface area contributed by atoms with Crippen LogP contribution in [0.1, 0.15) is 25.3 Å². The van der Waals surface area contributed by atoms with E-state index in [1.165, 1.54) is 12.1 Å². The molecule has 1 saturated heterocycles. The first-order valence-corrected chi connectivity index (χ1v) is 7.84. The van der Waals surface area contributed by atoms with Crippen molar-refractivity contribution in [3.05, 3.63) is 34.1 Å². The summed E-state index contributed by atoms with van der Waals surface area (Å²) >= 11 is 3.42. The minimum Gasteiger partial charge on any atom is -0.373 e. The van der Waals surface area contributed by atoms with Gasteiger partial charge < -0.3 is 15.4 Å². The Bertz CT molecular complexity index is 522. The Balaban J connectivity index is 0.00000242. The van der Waals surface area contributed by atoms with Gasteiger partial charge in [-0.1, -0.05) is 15.9 Å². The van der Waals surface area contributed by atoms with Crippen LogP contribution >= 0.6 is 39.9 Å². The van der Waals surface area contributed by atoms with Gasteiger partial charge in [-0.15, -0.1) is 24.0 Å². The van der Waals surface area contributed by atoms with Gasteiger partial charge in [-0.25, -0.2) is 4.39 Å². The molecule has 0 bridgehead atoms. The summed E-state index contributed by atoms with van der Waals surface area (Å²) in [6.45, 7) is 4.12. The second-order valence-electron chi connectivity index (χ2n) is 5.42. The zero-order valence-corrected chi connectivity index (χ0v) is 16.7. The molecule has 1 fully saturated rings. The predicted octanol–water partition coefficient (Wildman–Crippen LogP) is 3.44. The van der Waals surface area contributed by atoms with Crippen molar-refractivity contribution in [2.75, 3.05) is 20.2 Å². The number of hydrogen-bond donors (Lipinski definition) is 2. The lowest BCUT2D eigenvalue weighted by Gasteiger charge is -2.24. The number of hydrogen-bond acceptors (Lipinski definition) is 2. The number of ether oxygens (including phenoxy) is 1. The molecule has 0 spiro atoms. The molecule has 0 amide bonds. The molecule has 1 heterocycles. The summed E-state index contributed by atoms with van der Waals surface area (Å²) in [5, 5.41) is 6.44. The molecule has 0 aliphatic carbocycles. The van der Waals surface area contributed by atoms with Crippen LogP contribution in [0.4, 0.5) is 4.39 Å². The van der Waals surface area contributed by atoms with Gasteiger partial charge in [-0.2, -0.15) is 0 Å². The molecular formula is C15H22BrFIN3O. The summed E-state index contributed by atoms with van der Waals surface area (Å²) in [6.07, 6.45) is 2.15. The SMILES string of the molecule is CN=C(NCc1cc(F)ccc1Br)NCC1(C)CCCO1.I. The first-order chi connectivity index (χ1) is 10.0. The number of rotatable bonds is 4. The maximum atomic E-state index is 13.2. The maximum absolute atomic E-state index is 13.2. The van der Waals surface area contributed by atoms with E-state index < -0.39 is 0 Å². The lowest BCUT2D eigenvalue weighted by Crippen LogP contribution is -2.45. The Morgan fingerprint density at radius 1 is 1.45 bits per heavy atom. The third-order valence-electron chi connectivity index (χ3n) is 3.61. The Labute approximate surface area is 156 Å². The summed E-state index contributed by atoms with van der Waals surface area (Å²) in [5.74, 6) is 0.438. The normalized spacial score (nSPS) is 21.4. The third-order valence-corrected chi connectivity index (χ3v) is 4.38. The molecule has 1 aliphatic heterocycles. The Morgan fingerprint density at radius 2 is 2.23 bits per heavy atom. The van der Waals surface area contributed by atoms with Crippen molar-refractivity contribution >= 4 is 45.9 Å². The molecule has 2 N–H and O–H groups in total. The van der Waals surface area contributed by atoms with Crippen molar-refractivity contribution in [2.24, 2.45) is 4.99 Å². The number of benzene rings is 1. The fourth-order valence-corrected chi connectivity index (χ4v) is 2.71. The molecule has 1 aliphatic rings. The smallest absolute Gasteiger partial charge is 0.191 e. The number of halogens is 3. The van der Waals surface area contributed by atoms with Gasteiger partial charge in [0.1, 0.15) is 5.82 Å². The van der Waals surface area contributed by atoms with E-state index in [9.17, 15) is 4.39 Å². The first-order valence-electron chi connectivity index (χ1n) is 7.05. The molecule has 0 radical (unpaired) electrons. The van der Waals surface area contributed by atoms with Crippen molar-refractivity contribution in [3.63, 3.8) is 0 Å². The predicted molar refractivity (Wildman–Crippen MR) is 101 cm³/mol. The summed E-state index contributed by atoms with van der Waals surface area (Å²) in [5.41, 5.74) is 0.720. The molecule has 0 aromatic heterocycles. The van der Waals surface area contributed by atoms with Crippen molar-refractivity contribution in [2.45, 2.75) is 31.9 Å². The van der Waals surface area contributed by atoms with E-state index in [2.05, 4.69) is 38.5 Å². The molecule has 2 rings (SSSR count). The number of guanidine groups is 1. The second-order valence-corrected chi connectivity index (χ2v) is 6.27. The third kappa shape index (κ3) is 5.66. The molecule has 1 aromatic carbocycles. The molecule has 1 atom stereocenters. The average molecular weight is 486 g/mol. The molecule has 7 heteroatoms. The summed E-state index contributed by atoms with van der Waals surface area (Å²) < 4.78 is 19.8. The van der Waals surface area contributed by atoms with E-state index in [1.807, 2.05) is 0 Å². The average Bonchev–Trinajstić information content (AvgIpc) is 2.90. The quantitative estimate of drug-likeness (QED) is 0.390. The van der Waals surface area contributed by atoms with E-state index in [0.717, 1.165) is 29.5 Å². The zero-order valence-electron chi connectivity index (χ0n) is 12.8. The molecule has 4 nitrogen and oxygen atoms in total. The van der Waals surface area contributed by atoms with Crippen LogP contribution in [0.5, 0.6) is 0 Å². The van der Waals surface area contributed by atoms with Crippen molar-refractivity contribution < 1.29 is 9.13 Å². The van der Waals surface area contributed by atoms with Gasteiger partial charge in [0.05, 0.1) is 5.60 Å². The van der Waals surface area contributed by atoms with Gasteiger partial charge in [-0.05, 0) is 43.5 Å². The number of nitrogens with one attached hydrogen (secondary N) is 2. The fourth-order valence-electron chi connectivity index (χ4n) is 2.33. The van der Waals surface area contributed by atoms with Crippen LogP contribution < -0.4 is 10.6 Å². The molecule has 1 aromatic rings. The fraction of sp³-hybridized carbons (Fsp3) is 0.533. The first kappa shape index (κ1) is 19.6. The number of nitrogens with zero attached hydrogens (tertiary/aromatic N) is 1. The van der Waals surface area contributed by atoms with Crippen LogP contribution in [0.25, 0.3) is 0 Å². The van der Waals surface area contributed by atoms with Gasteiger partial charge in [0.25, 0.3) is 0 Å². The Kier molecular flexibility index (Phi) is 8.06. The molecular weight excluding hydrogens is 464 g/mol. The van der Waals surface area contributed by atoms with Crippen LogP contribution in [0, 0.1) is 5.82 Å². The highest BCUT2D eigenvalue weighted by Crippen LogP contribution is 2.23. The van der Waals surface area contributed by atoms with Crippen molar-refractivity contribution in [3.8, 4) is 0 Å². The van der Waals surface area contributed by atoms with Crippen LogP contribution in [-0.2, 0) is 11.3 Å². The van der Waals surface area contributed by atoms with E-state index >= 15 is 0 Å². The van der Waals surface area contributed by atoms with Gasteiger partial charge in [0.2, 0.25) is 0 Å². The van der Waals surface area contributed by atoms with Crippen LogP contribution in [0.3, 0.4) is 0 Å². The van der Waals surface area contributed by atoms with Gasteiger partial charge >= 0.3 is 0 Å². The highest BCUT2D eigenvalue weighted by Gasteiger charge is 2.29. The van der Waals surface area contributed by atoms with Gasteiger partial charge in [-0.3, -0.25) is 4.99 Å². The second kappa shape index (κ2) is 9.02. The maximum Gasteiger partial charge on any atom is 0.191 e. The molecule has 0 saturated carbocycles. The van der Waals surface area contributed by atoms with Crippen LogP contribution in [0.2, 0.25) is 0 Å². The van der Waals surface area contributed by atoms with Gasteiger partial charge in [0, 0.05) is 31.2 Å². The Morgan fingerprint density at radius 3 is 2.86 bits per heavy atom. The van der Waals surface area contributed by atoms with E-state index in [0.29, 0.717) is 19.0 Å². The van der Waals surface area contributed by atoms with Crippen molar-refractivity contribution in [1.29, 1.82) is 0 Å². The van der Waals surface area contributed by atoms with Gasteiger partial charge in [0.15, 0.2) is 5.96 Å². The molecule has 124 valence electrons. The molecule has 1 unspecified atom stereocenters. The monoisotopic (exact) mass is 485 g/mol. The van der Waals surface area contributed by atoms with Crippen LogP contribution in [0.15, 0.2) is 27.7 Å². The molecule has 22 heavy (non-hydrogen) atoms. The van der Waals surface area contributed by atoms with Crippen LogP contribution in [-0.4, -0.2) is 31.8 Å². The summed E-state index contributed by atoms with van der Waals surface area (Å²) in [6, 6.07) is 4.64. The Hall–Kier alpha value is -0.410. The highest BCUT2D eigenvalue weighted by atomic mass is 127.